The van der Waals surface area contributed by atoms with Crippen LogP contribution >= 0.6 is 0 Å². The molecule has 4 nitrogen and oxygen atoms in total. The van der Waals surface area contributed by atoms with Gasteiger partial charge in [-0.2, -0.15) is 0 Å². The van der Waals surface area contributed by atoms with Crippen molar-refractivity contribution in [1.82, 2.24) is 4.90 Å². The Morgan fingerprint density at radius 3 is 2.06 bits per heavy atom. The fourth-order valence-corrected chi connectivity index (χ4v) is 5.54. The van der Waals surface area contributed by atoms with E-state index < -0.39 is 15.5 Å². The zero-order valence-electron chi connectivity index (χ0n) is 18.9. The molecule has 1 saturated heterocycles. The van der Waals surface area contributed by atoms with Crippen LogP contribution in [0.1, 0.15) is 44.9 Å². The van der Waals surface area contributed by atoms with E-state index >= 15 is 0 Å². The number of hydrogen-bond donors (Lipinski definition) is 0. The van der Waals surface area contributed by atoms with Crippen LogP contribution in [0.5, 0.6) is 5.75 Å². The predicted molar refractivity (Wildman–Crippen MR) is 127 cm³/mol. The number of sulfone groups is 1. The number of ether oxygens (including phenoxy) is 1. The first-order chi connectivity index (χ1) is 15.3. The van der Waals surface area contributed by atoms with Crippen LogP contribution in [0.2, 0.25) is 0 Å². The van der Waals surface area contributed by atoms with Crippen molar-refractivity contribution in [3.63, 3.8) is 0 Å². The summed E-state index contributed by atoms with van der Waals surface area (Å²) in [6, 6.07) is 14.9. The Bertz CT molecular complexity index is 975. The van der Waals surface area contributed by atoms with Crippen molar-refractivity contribution in [3.05, 3.63) is 48.5 Å². The number of halogens is 1. The molecule has 2 aromatic carbocycles. The molecule has 2 aliphatic rings. The van der Waals surface area contributed by atoms with Crippen LogP contribution in [0.25, 0.3) is 11.1 Å². The Kier molecular flexibility index (Phi) is 7.21. The molecule has 4 rings (SSSR count). The zero-order chi connectivity index (χ0) is 22.6. The molecule has 0 aromatic heterocycles. The summed E-state index contributed by atoms with van der Waals surface area (Å²) in [4.78, 5) is 2.64. The van der Waals surface area contributed by atoms with E-state index in [1.165, 1.54) is 12.7 Å². The van der Waals surface area contributed by atoms with Gasteiger partial charge < -0.3 is 9.64 Å². The maximum atomic E-state index is 15.0. The minimum atomic E-state index is -3.18. The molecule has 174 valence electrons. The summed E-state index contributed by atoms with van der Waals surface area (Å²) in [5, 5.41) is 0. The van der Waals surface area contributed by atoms with Gasteiger partial charge in [0, 0.05) is 12.8 Å². The van der Waals surface area contributed by atoms with Crippen LogP contribution in [0, 0.1) is 5.92 Å². The predicted octanol–water partition coefficient (Wildman–Crippen LogP) is 5.52. The maximum absolute atomic E-state index is 15.0. The summed E-state index contributed by atoms with van der Waals surface area (Å²) >= 11 is 0. The SMILES string of the molecule is CS(=O)(=O)c1ccc(-c2ccc(OCC3CCN(CC4(F)CCCCC4)CC3)cc2)cc1. The van der Waals surface area contributed by atoms with Crippen LogP contribution in [-0.4, -0.2) is 51.5 Å². The first kappa shape index (κ1) is 23.2. The quantitative estimate of drug-likeness (QED) is 0.547. The van der Waals surface area contributed by atoms with Crippen molar-refractivity contribution in [2.24, 2.45) is 5.92 Å². The topological polar surface area (TPSA) is 46.6 Å². The Labute approximate surface area is 191 Å². The number of hydrogen-bond acceptors (Lipinski definition) is 4. The molecule has 0 radical (unpaired) electrons. The van der Waals surface area contributed by atoms with E-state index in [1.807, 2.05) is 36.4 Å². The molecule has 0 amide bonds. The highest BCUT2D eigenvalue weighted by molar-refractivity contribution is 7.90. The normalized spacial score (nSPS) is 20.2. The van der Waals surface area contributed by atoms with Gasteiger partial charge >= 0.3 is 0 Å². The summed E-state index contributed by atoms with van der Waals surface area (Å²) in [7, 11) is -3.18. The summed E-state index contributed by atoms with van der Waals surface area (Å²) < 4.78 is 44.2. The van der Waals surface area contributed by atoms with Gasteiger partial charge in [0.2, 0.25) is 0 Å². The highest BCUT2D eigenvalue weighted by Gasteiger charge is 2.34. The largest absolute Gasteiger partial charge is 0.493 e. The summed E-state index contributed by atoms with van der Waals surface area (Å²) in [5.74, 6) is 1.35. The maximum Gasteiger partial charge on any atom is 0.175 e. The Hall–Kier alpha value is -1.92. The molecule has 1 heterocycles. The lowest BCUT2D eigenvalue weighted by Crippen LogP contribution is -2.45. The molecule has 32 heavy (non-hydrogen) atoms. The van der Waals surface area contributed by atoms with Gasteiger partial charge in [-0.25, -0.2) is 12.8 Å². The minimum Gasteiger partial charge on any atom is -0.493 e. The number of benzene rings is 2. The average molecular weight is 460 g/mol. The van der Waals surface area contributed by atoms with Crippen molar-refractivity contribution in [2.45, 2.75) is 55.5 Å². The van der Waals surface area contributed by atoms with E-state index in [2.05, 4.69) is 4.90 Å². The van der Waals surface area contributed by atoms with Crippen molar-refractivity contribution < 1.29 is 17.5 Å². The third kappa shape index (κ3) is 6.10. The van der Waals surface area contributed by atoms with Crippen molar-refractivity contribution >= 4 is 9.84 Å². The Morgan fingerprint density at radius 1 is 0.938 bits per heavy atom. The molecule has 0 bridgehead atoms. The fourth-order valence-electron chi connectivity index (χ4n) is 4.91. The second kappa shape index (κ2) is 9.92. The lowest BCUT2D eigenvalue weighted by atomic mass is 9.85. The fraction of sp³-hybridized carbons (Fsp3) is 0.538. The smallest absolute Gasteiger partial charge is 0.175 e. The molecule has 2 aromatic rings. The van der Waals surface area contributed by atoms with Crippen molar-refractivity contribution in [3.8, 4) is 16.9 Å². The zero-order valence-corrected chi connectivity index (χ0v) is 19.7. The number of rotatable bonds is 7. The Balaban J connectivity index is 1.23. The Morgan fingerprint density at radius 2 is 1.50 bits per heavy atom. The molecule has 1 aliphatic heterocycles. The van der Waals surface area contributed by atoms with Crippen LogP contribution in [0.15, 0.2) is 53.4 Å². The third-order valence-corrected chi connectivity index (χ3v) is 8.05. The van der Waals surface area contributed by atoms with E-state index in [0.717, 1.165) is 68.5 Å². The van der Waals surface area contributed by atoms with Gasteiger partial charge in [0.1, 0.15) is 11.4 Å². The van der Waals surface area contributed by atoms with E-state index in [0.29, 0.717) is 24.0 Å². The van der Waals surface area contributed by atoms with E-state index in [-0.39, 0.29) is 0 Å². The van der Waals surface area contributed by atoms with E-state index in [4.69, 9.17) is 4.74 Å². The molecule has 0 unspecified atom stereocenters. The van der Waals surface area contributed by atoms with Gasteiger partial charge in [0.25, 0.3) is 0 Å². The standard InChI is InChI=1S/C26H34FNO3S/c1-32(29,30)25-11-7-23(8-12-25)22-5-9-24(10-6-22)31-19-21-13-17-28(18-14-21)20-26(27)15-3-2-4-16-26/h5-12,21H,2-4,13-20H2,1H3. The first-order valence-electron chi connectivity index (χ1n) is 11.8. The number of nitrogens with zero attached hydrogens (tertiary/aromatic N) is 1. The summed E-state index contributed by atoms with van der Waals surface area (Å²) in [6.45, 7) is 3.22. The van der Waals surface area contributed by atoms with Gasteiger partial charge in [0.15, 0.2) is 9.84 Å². The third-order valence-electron chi connectivity index (χ3n) is 6.92. The lowest BCUT2D eigenvalue weighted by Gasteiger charge is -2.38. The number of piperidine rings is 1. The number of alkyl halides is 1. The molecule has 0 spiro atoms. The van der Waals surface area contributed by atoms with Crippen molar-refractivity contribution in [2.75, 3.05) is 32.5 Å². The molecule has 2 fully saturated rings. The molecule has 0 N–H and O–H groups in total. The number of likely N-dealkylation sites (tertiary alicyclic amines) is 1. The van der Waals surface area contributed by atoms with Crippen LogP contribution in [0.4, 0.5) is 4.39 Å². The van der Waals surface area contributed by atoms with Gasteiger partial charge in [-0.05, 0) is 80.1 Å². The molecule has 6 heteroatoms. The summed E-state index contributed by atoms with van der Waals surface area (Å²) in [5.41, 5.74) is 1.03. The van der Waals surface area contributed by atoms with Crippen LogP contribution in [0.3, 0.4) is 0 Å². The molecule has 1 saturated carbocycles. The van der Waals surface area contributed by atoms with E-state index in [9.17, 15) is 12.8 Å². The highest BCUT2D eigenvalue weighted by atomic mass is 32.2. The summed E-state index contributed by atoms with van der Waals surface area (Å²) in [6.07, 6.45) is 8.04. The van der Waals surface area contributed by atoms with Crippen LogP contribution < -0.4 is 4.74 Å². The van der Waals surface area contributed by atoms with Crippen molar-refractivity contribution in [1.29, 1.82) is 0 Å². The molecule has 0 atom stereocenters. The van der Waals surface area contributed by atoms with Gasteiger partial charge in [-0.1, -0.05) is 43.5 Å². The molecule has 1 aliphatic carbocycles. The van der Waals surface area contributed by atoms with Gasteiger partial charge in [0.05, 0.1) is 11.5 Å². The van der Waals surface area contributed by atoms with Gasteiger partial charge in [-0.3, -0.25) is 0 Å². The molecular weight excluding hydrogens is 425 g/mol. The van der Waals surface area contributed by atoms with E-state index in [1.54, 1.807) is 12.1 Å². The second-order valence-corrected chi connectivity index (χ2v) is 11.6. The lowest BCUT2D eigenvalue weighted by molar-refractivity contribution is 0.0363. The highest BCUT2D eigenvalue weighted by Crippen LogP contribution is 2.33. The van der Waals surface area contributed by atoms with Gasteiger partial charge in [-0.15, -0.1) is 0 Å². The first-order valence-corrected chi connectivity index (χ1v) is 13.6. The minimum absolute atomic E-state index is 0.327. The molecular formula is C26H34FNO3S. The second-order valence-electron chi connectivity index (χ2n) is 9.56. The average Bonchev–Trinajstić information content (AvgIpc) is 2.79. The monoisotopic (exact) mass is 459 g/mol. The van der Waals surface area contributed by atoms with Crippen LogP contribution in [-0.2, 0) is 9.84 Å².